The number of methoxy groups -OCH3 is 3. The molecule has 0 aromatic heterocycles. The lowest BCUT2D eigenvalue weighted by atomic mass is 9.65. The summed E-state index contributed by atoms with van der Waals surface area (Å²) in [7, 11) is 5.15. The minimum absolute atomic E-state index is 0.298. The number of hydrogen-bond acceptors (Lipinski definition) is 3. The number of fused-ring (bicyclic) bond motifs is 1. The van der Waals surface area contributed by atoms with Crippen LogP contribution in [0.15, 0.2) is 66.7 Å². The molecule has 0 N–H and O–H groups in total. The Morgan fingerprint density at radius 1 is 0.655 bits per heavy atom. The van der Waals surface area contributed by atoms with Gasteiger partial charge in [-0.25, -0.2) is 0 Å². The van der Waals surface area contributed by atoms with Crippen molar-refractivity contribution in [3.8, 4) is 17.2 Å². The second kappa shape index (κ2) is 8.20. The molecule has 3 nitrogen and oxygen atoms in total. The van der Waals surface area contributed by atoms with Crippen LogP contribution >= 0.6 is 0 Å². The maximum absolute atomic E-state index is 5.54. The SMILES string of the molecule is COc1ccc(C2Cc3ccc(OC)cc3C(c3ccc(OC)cc3)C2C)cc1. The molecule has 0 bridgehead atoms. The molecule has 3 aromatic carbocycles. The maximum atomic E-state index is 5.54. The largest absolute Gasteiger partial charge is 0.497 e. The lowest BCUT2D eigenvalue weighted by Gasteiger charge is -2.39. The first kappa shape index (κ1) is 19.4. The number of rotatable bonds is 5. The highest BCUT2D eigenvalue weighted by Crippen LogP contribution is 2.48. The van der Waals surface area contributed by atoms with E-state index in [1.807, 2.05) is 0 Å². The monoisotopic (exact) mass is 388 g/mol. The van der Waals surface area contributed by atoms with Crippen molar-refractivity contribution in [3.05, 3.63) is 89.0 Å². The molecule has 150 valence electrons. The molecule has 3 heteroatoms. The van der Waals surface area contributed by atoms with Gasteiger partial charge in [0.2, 0.25) is 0 Å². The van der Waals surface area contributed by atoms with Gasteiger partial charge in [-0.3, -0.25) is 0 Å². The van der Waals surface area contributed by atoms with Gasteiger partial charge in [0.25, 0.3) is 0 Å². The lowest BCUT2D eigenvalue weighted by molar-refractivity contribution is 0.377. The molecular formula is C26H28O3. The van der Waals surface area contributed by atoms with Crippen molar-refractivity contribution in [1.29, 1.82) is 0 Å². The van der Waals surface area contributed by atoms with Crippen molar-refractivity contribution in [2.75, 3.05) is 21.3 Å². The number of hydrogen-bond donors (Lipinski definition) is 0. The van der Waals surface area contributed by atoms with E-state index in [1.165, 1.54) is 22.3 Å². The number of benzene rings is 3. The first-order valence-electron chi connectivity index (χ1n) is 10.1. The summed E-state index contributed by atoms with van der Waals surface area (Å²) in [4.78, 5) is 0. The Kier molecular flexibility index (Phi) is 5.48. The fraction of sp³-hybridized carbons (Fsp3) is 0.308. The second-order valence-corrected chi connectivity index (χ2v) is 7.76. The van der Waals surface area contributed by atoms with Gasteiger partial charge in [0.05, 0.1) is 21.3 Å². The Balaban J connectivity index is 1.79. The third-order valence-electron chi connectivity index (χ3n) is 6.31. The van der Waals surface area contributed by atoms with E-state index in [4.69, 9.17) is 14.2 Å². The summed E-state index contributed by atoms with van der Waals surface area (Å²) in [6, 6.07) is 23.6. The molecule has 1 aliphatic rings. The highest BCUT2D eigenvalue weighted by atomic mass is 16.5. The fourth-order valence-corrected chi connectivity index (χ4v) is 4.68. The van der Waals surface area contributed by atoms with Crippen LogP contribution in [0.1, 0.15) is 41.0 Å². The van der Waals surface area contributed by atoms with E-state index in [1.54, 1.807) is 21.3 Å². The summed E-state index contributed by atoms with van der Waals surface area (Å²) < 4.78 is 16.3. The molecular weight excluding hydrogens is 360 g/mol. The van der Waals surface area contributed by atoms with Gasteiger partial charge >= 0.3 is 0 Å². The van der Waals surface area contributed by atoms with E-state index >= 15 is 0 Å². The first-order chi connectivity index (χ1) is 14.1. The predicted octanol–water partition coefficient (Wildman–Crippen LogP) is 5.82. The van der Waals surface area contributed by atoms with Crippen molar-refractivity contribution >= 4 is 0 Å². The molecule has 0 fully saturated rings. The highest BCUT2D eigenvalue weighted by Gasteiger charge is 2.36. The van der Waals surface area contributed by atoms with Crippen LogP contribution in [0.4, 0.5) is 0 Å². The van der Waals surface area contributed by atoms with Crippen LogP contribution in [0, 0.1) is 5.92 Å². The van der Waals surface area contributed by atoms with Crippen LogP contribution in [-0.4, -0.2) is 21.3 Å². The Hall–Kier alpha value is -2.94. The zero-order valence-corrected chi connectivity index (χ0v) is 17.5. The standard InChI is InChI=1S/C26H28O3/c1-17-24(18-5-10-21(27-2)11-6-18)15-20-9-14-23(29-4)16-25(20)26(17)19-7-12-22(28-3)13-8-19/h5-14,16-17,24,26H,15H2,1-4H3. The summed E-state index contributed by atoms with van der Waals surface area (Å²) in [5, 5.41) is 0. The third kappa shape index (κ3) is 3.69. The fourth-order valence-electron chi connectivity index (χ4n) is 4.68. The molecule has 1 aliphatic carbocycles. The molecule has 0 saturated heterocycles. The quantitative estimate of drug-likeness (QED) is 0.551. The Bertz CT molecular complexity index is 960. The Morgan fingerprint density at radius 2 is 1.17 bits per heavy atom. The zero-order chi connectivity index (χ0) is 20.4. The minimum Gasteiger partial charge on any atom is -0.497 e. The van der Waals surface area contributed by atoms with Gasteiger partial charge in [-0.2, -0.15) is 0 Å². The highest BCUT2D eigenvalue weighted by molar-refractivity contribution is 5.48. The smallest absolute Gasteiger partial charge is 0.119 e. The molecule has 0 radical (unpaired) electrons. The summed E-state index contributed by atoms with van der Waals surface area (Å²) in [6.45, 7) is 2.37. The molecule has 0 amide bonds. The summed E-state index contributed by atoms with van der Waals surface area (Å²) in [5.74, 6) is 3.87. The van der Waals surface area contributed by atoms with Gasteiger partial charge in [-0.15, -0.1) is 0 Å². The van der Waals surface area contributed by atoms with E-state index in [9.17, 15) is 0 Å². The minimum atomic E-state index is 0.298. The molecule has 0 heterocycles. The van der Waals surface area contributed by atoms with E-state index in [0.29, 0.717) is 17.8 Å². The third-order valence-corrected chi connectivity index (χ3v) is 6.31. The molecule has 0 aliphatic heterocycles. The van der Waals surface area contributed by atoms with Gasteiger partial charge < -0.3 is 14.2 Å². The van der Waals surface area contributed by atoms with Crippen LogP contribution in [0.25, 0.3) is 0 Å². The van der Waals surface area contributed by atoms with Crippen LogP contribution < -0.4 is 14.2 Å². The first-order valence-corrected chi connectivity index (χ1v) is 10.1. The maximum Gasteiger partial charge on any atom is 0.119 e. The van der Waals surface area contributed by atoms with E-state index < -0.39 is 0 Å². The molecule has 0 spiro atoms. The van der Waals surface area contributed by atoms with Gasteiger partial charge in [0.1, 0.15) is 17.2 Å². The van der Waals surface area contributed by atoms with Crippen molar-refractivity contribution in [2.45, 2.75) is 25.2 Å². The molecule has 4 rings (SSSR count). The Morgan fingerprint density at radius 3 is 1.72 bits per heavy atom. The van der Waals surface area contributed by atoms with Crippen LogP contribution in [-0.2, 0) is 6.42 Å². The van der Waals surface area contributed by atoms with Crippen LogP contribution in [0.2, 0.25) is 0 Å². The van der Waals surface area contributed by atoms with Crippen molar-refractivity contribution in [2.24, 2.45) is 5.92 Å². The van der Waals surface area contributed by atoms with Crippen molar-refractivity contribution < 1.29 is 14.2 Å². The average molecular weight is 389 g/mol. The van der Waals surface area contributed by atoms with E-state index in [-0.39, 0.29) is 0 Å². The summed E-state index contributed by atoms with van der Waals surface area (Å²) in [5.41, 5.74) is 5.43. The molecule has 3 aromatic rings. The van der Waals surface area contributed by atoms with Crippen LogP contribution in [0.3, 0.4) is 0 Å². The van der Waals surface area contributed by atoms with Crippen LogP contribution in [0.5, 0.6) is 17.2 Å². The molecule has 3 unspecified atom stereocenters. The van der Waals surface area contributed by atoms with Gasteiger partial charge in [0, 0.05) is 5.92 Å². The molecule has 29 heavy (non-hydrogen) atoms. The van der Waals surface area contributed by atoms with E-state index in [2.05, 4.69) is 73.7 Å². The number of ether oxygens (including phenoxy) is 3. The predicted molar refractivity (Wildman–Crippen MR) is 116 cm³/mol. The Labute approximate surface area is 173 Å². The van der Waals surface area contributed by atoms with E-state index in [0.717, 1.165) is 23.7 Å². The van der Waals surface area contributed by atoms with Crippen molar-refractivity contribution in [1.82, 2.24) is 0 Å². The topological polar surface area (TPSA) is 27.7 Å². The van der Waals surface area contributed by atoms with Gasteiger partial charge in [-0.1, -0.05) is 37.3 Å². The van der Waals surface area contributed by atoms with Gasteiger partial charge in [-0.05, 0) is 76.9 Å². The second-order valence-electron chi connectivity index (χ2n) is 7.76. The average Bonchev–Trinajstić information content (AvgIpc) is 2.78. The summed E-state index contributed by atoms with van der Waals surface area (Å²) >= 11 is 0. The molecule has 0 saturated carbocycles. The van der Waals surface area contributed by atoms with Gasteiger partial charge in [0.15, 0.2) is 0 Å². The summed E-state index contributed by atoms with van der Waals surface area (Å²) in [6.07, 6.45) is 1.03. The molecule has 3 atom stereocenters. The van der Waals surface area contributed by atoms with Crippen molar-refractivity contribution in [3.63, 3.8) is 0 Å². The zero-order valence-electron chi connectivity index (χ0n) is 17.5. The normalized spacial score (nSPS) is 20.6. The lowest BCUT2D eigenvalue weighted by Crippen LogP contribution is -2.27.